The molecule has 0 radical (unpaired) electrons. The molecule has 0 aliphatic carbocycles. The van der Waals surface area contributed by atoms with Crippen molar-refractivity contribution in [3.05, 3.63) is 82.8 Å². The summed E-state index contributed by atoms with van der Waals surface area (Å²) in [6.45, 7) is 0.404. The third kappa shape index (κ3) is 5.75. The Morgan fingerprint density at radius 3 is 2.30 bits per heavy atom. The van der Waals surface area contributed by atoms with Gasteiger partial charge in [0.05, 0.1) is 11.6 Å². The topological polar surface area (TPSA) is 38.3 Å². The van der Waals surface area contributed by atoms with Crippen molar-refractivity contribution in [1.82, 2.24) is 0 Å². The van der Waals surface area contributed by atoms with Crippen LogP contribution in [0.4, 0.5) is 5.69 Å². The maximum atomic E-state index is 12.1. The Morgan fingerprint density at radius 2 is 1.59 bits per heavy atom. The Hall–Kier alpha value is -2.49. The summed E-state index contributed by atoms with van der Waals surface area (Å²) in [5.74, 6) is 0.520. The normalized spacial score (nSPS) is 10.4. The molecule has 0 fully saturated rings. The van der Waals surface area contributed by atoms with Crippen molar-refractivity contribution in [3.63, 3.8) is 0 Å². The first kappa shape index (κ1) is 19.3. The number of hydrogen-bond donors (Lipinski definition) is 1. The van der Waals surface area contributed by atoms with Crippen molar-refractivity contribution in [2.75, 3.05) is 11.9 Å². The Balaban J connectivity index is 1.44. The molecule has 3 nitrogen and oxygen atoms in total. The molecule has 3 aromatic carbocycles. The Morgan fingerprint density at radius 1 is 0.889 bits per heavy atom. The van der Waals surface area contributed by atoms with Gasteiger partial charge < -0.3 is 10.1 Å². The average Bonchev–Trinajstić information content (AvgIpc) is 2.68. The van der Waals surface area contributed by atoms with Gasteiger partial charge in [-0.3, -0.25) is 4.79 Å². The van der Waals surface area contributed by atoms with Crippen molar-refractivity contribution in [3.8, 4) is 16.9 Å². The number of ether oxygens (including phenoxy) is 1. The van der Waals surface area contributed by atoms with E-state index in [0.717, 1.165) is 16.8 Å². The van der Waals surface area contributed by atoms with Gasteiger partial charge in [0.25, 0.3) is 0 Å². The van der Waals surface area contributed by atoms with Gasteiger partial charge in [0, 0.05) is 17.1 Å². The SMILES string of the molecule is O=C(CCCOc1ccc(Cl)cc1Cl)Nc1ccc(-c2ccccc2)cc1. The third-order valence-corrected chi connectivity index (χ3v) is 4.51. The quantitative estimate of drug-likeness (QED) is 0.463. The predicted octanol–water partition coefficient (Wildman–Crippen LogP) is 6.46. The van der Waals surface area contributed by atoms with E-state index >= 15 is 0 Å². The Labute approximate surface area is 168 Å². The van der Waals surface area contributed by atoms with Crippen LogP contribution in [-0.2, 0) is 4.79 Å². The Kier molecular flexibility index (Phi) is 6.74. The fraction of sp³-hybridized carbons (Fsp3) is 0.136. The molecule has 3 rings (SSSR count). The monoisotopic (exact) mass is 399 g/mol. The zero-order valence-electron chi connectivity index (χ0n) is 14.6. The van der Waals surface area contributed by atoms with Gasteiger partial charge in [0.2, 0.25) is 5.91 Å². The number of rotatable bonds is 7. The van der Waals surface area contributed by atoms with E-state index in [1.54, 1.807) is 18.2 Å². The molecular formula is C22H19Cl2NO2. The number of anilines is 1. The number of benzene rings is 3. The van der Waals surface area contributed by atoms with E-state index in [4.69, 9.17) is 27.9 Å². The first-order chi connectivity index (χ1) is 13.1. The van der Waals surface area contributed by atoms with Crippen LogP contribution in [-0.4, -0.2) is 12.5 Å². The summed E-state index contributed by atoms with van der Waals surface area (Å²) in [7, 11) is 0. The number of carbonyl (C=O) groups excluding carboxylic acids is 1. The van der Waals surface area contributed by atoms with E-state index in [1.165, 1.54) is 0 Å². The smallest absolute Gasteiger partial charge is 0.224 e. The van der Waals surface area contributed by atoms with Crippen LogP contribution in [0.5, 0.6) is 5.75 Å². The highest BCUT2D eigenvalue weighted by Gasteiger charge is 2.05. The summed E-state index contributed by atoms with van der Waals surface area (Å²) in [6.07, 6.45) is 0.957. The largest absolute Gasteiger partial charge is 0.492 e. The van der Waals surface area contributed by atoms with Gasteiger partial charge in [-0.1, -0.05) is 65.7 Å². The molecule has 0 aliphatic heterocycles. The molecule has 0 unspecified atom stereocenters. The second kappa shape index (κ2) is 9.45. The lowest BCUT2D eigenvalue weighted by Crippen LogP contribution is -2.12. The molecule has 0 spiro atoms. The van der Waals surface area contributed by atoms with E-state index in [1.807, 2.05) is 42.5 Å². The van der Waals surface area contributed by atoms with Gasteiger partial charge in [-0.15, -0.1) is 0 Å². The minimum Gasteiger partial charge on any atom is -0.492 e. The lowest BCUT2D eigenvalue weighted by atomic mass is 10.1. The molecule has 0 aromatic heterocycles. The molecule has 5 heteroatoms. The summed E-state index contributed by atoms with van der Waals surface area (Å²) in [4.78, 5) is 12.1. The van der Waals surface area contributed by atoms with Gasteiger partial charge in [0.1, 0.15) is 5.75 Å². The molecule has 0 atom stereocenters. The molecule has 0 bridgehead atoms. The van der Waals surface area contributed by atoms with E-state index in [0.29, 0.717) is 35.2 Å². The van der Waals surface area contributed by atoms with Crippen LogP contribution >= 0.6 is 23.2 Å². The molecule has 0 saturated carbocycles. The number of hydrogen-bond acceptors (Lipinski definition) is 2. The van der Waals surface area contributed by atoms with Gasteiger partial charge in [-0.25, -0.2) is 0 Å². The highest BCUT2D eigenvalue weighted by atomic mass is 35.5. The fourth-order valence-electron chi connectivity index (χ4n) is 2.61. The van der Waals surface area contributed by atoms with Crippen LogP contribution in [0.15, 0.2) is 72.8 Å². The van der Waals surface area contributed by atoms with Crippen LogP contribution in [0, 0.1) is 0 Å². The summed E-state index contributed by atoms with van der Waals surface area (Å²) >= 11 is 11.9. The highest BCUT2D eigenvalue weighted by molar-refractivity contribution is 6.35. The van der Waals surface area contributed by atoms with Crippen molar-refractivity contribution < 1.29 is 9.53 Å². The molecule has 0 saturated heterocycles. The van der Waals surface area contributed by atoms with Crippen LogP contribution in [0.2, 0.25) is 10.0 Å². The lowest BCUT2D eigenvalue weighted by molar-refractivity contribution is -0.116. The van der Waals surface area contributed by atoms with E-state index in [-0.39, 0.29) is 5.91 Å². The zero-order chi connectivity index (χ0) is 19.1. The van der Waals surface area contributed by atoms with Crippen LogP contribution in [0.3, 0.4) is 0 Å². The number of amides is 1. The lowest BCUT2D eigenvalue weighted by Gasteiger charge is -2.09. The molecule has 3 aromatic rings. The van der Waals surface area contributed by atoms with Gasteiger partial charge >= 0.3 is 0 Å². The summed E-state index contributed by atoms with van der Waals surface area (Å²) in [6, 6.07) is 23.0. The summed E-state index contributed by atoms with van der Waals surface area (Å²) in [5, 5.41) is 3.92. The number of carbonyl (C=O) groups is 1. The number of halogens is 2. The number of nitrogens with one attached hydrogen (secondary N) is 1. The molecule has 0 aliphatic rings. The molecule has 1 amide bonds. The van der Waals surface area contributed by atoms with Crippen LogP contribution < -0.4 is 10.1 Å². The molecule has 1 N–H and O–H groups in total. The van der Waals surface area contributed by atoms with E-state index < -0.39 is 0 Å². The Bertz CT molecular complexity index is 896. The van der Waals surface area contributed by atoms with Crippen LogP contribution in [0.1, 0.15) is 12.8 Å². The third-order valence-electron chi connectivity index (χ3n) is 3.98. The zero-order valence-corrected chi connectivity index (χ0v) is 16.1. The van der Waals surface area contributed by atoms with Crippen molar-refractivity contribution in [1.29, 1.82) is 0 Å². The first-order valence-electron chi connectivity index (χ1n) is 8.65. The highest BCUT2D eigenvalue weighted by Crippen LogP contribution is 2.27. The molecule has 138 valence electrons. The minimum absolute atomic E-state index is 0.0479. The maximum Gasteiger partial charge on any atom is 0.224 e. The standard InChI is InChI=1S/C22H19Cl2NO2/c23-18-10-13-21(20(24)15-18)27-14-4-7-22(26)25-19-11-8-17(9-12-19)16-5-2-1-3-6-16/h1-3,5-6,8-13,15H,4,7,14H2,(H,25,26). The fourth-order valence-corrected chi connectivity index (χ4v) is 3.07. The molecule has 0 heterocycles. The summed E-state index contributed by atoms with van der Waals surface area (Å²) < 4.78 is 5.59. The second-order valence-corrected chi connectivity index (χ2v) is 6.86. The van der Waals surface area contributed by atoms with Gasteiger partial charge in [-0.2, -0.15) is 0 Å². The van der Waals surface area contributed by atoms with Gasteiger partial charge in [-0.05, 0) is 47.9 Å². The van der Waals surface area contributed by atoms with E-state index in [9.17, 15) is 4.79 Å². The van der Waals surface area contributed by atoms with Crippen molar-refractivity contribution in [2.24, 2.45) is 0 Å². The molecule has 27 heavy (non-hydrogen) atoms. The first-order valence-corrected chi connectivity index (χ1v) is 9.40. The average molecular weight is 400 g/mol. The maximum absolute atomic E-state index is 12.1. The predicted molar refractivity (Wildman–Crippen MR) is 112 cm³/mol. The summed E-state index contributed by atoms with van der Waals surface area (Å²) in [5.41, 5.74) is 3.04. The molecular weight excluding hydrogens is 381 g/mol. The second-order valence-electron chi connectivity index (χ2n) is 6.02. The van der Waals surface area contributed by atoms with Gasteiger partial charge in [0.15, 0.2) is 0 Å². The van der Waals surface area contributed by atoms with E-state index in [2.05, 4.69) is 17.4 Å². The van der Waals surface area contributed by atoms with Crippen LogP contribution in [0.25, 0.3) is 11.1 Å². The minimum atomic E-state index is -0.0479. The van der Waals surface area contributed by atoms with Crippen molar-refractivity contribution in [2.45, 2.75) is 12.8 Å². The van der Waals surface area contributed by atoms with Crippen molar-refractivity contribution >= 4 is 34.8 Å².